The van der Waals surface area contributed by atoms with Crippen LogP contribution in [0.25, 0.3) is 22.4 Å². The van der Waals surface area contributed by atoms with E-state index in [1.807, 2.05) is 66.7 Å². The zero-order valence-corrected chi connectivity index (χ0v) is 14.2. The highest BCUT2D eigenvalue weighted by Gasteiger charge is 2.08. The number of para-hydroxylation sites is 2. The number of carbonyl (C=O) groups excluding carboxylic acids is 1. The van der Waals surface area contributed by atoms with E-state index in [4.69, 9.17) is 4.42 Å². The van der Waals surface area contributed by atoms with Crippen molar-refractivity contribution in [1.29, 1.82) is 0 Å². The first-order chi connectivity index (χ1) is 12.8. The number of nitrogens with one attached hydrogen (secondary N) is 2. The van der Waals surface area contributed by atoms with Crippen LogP contribution in [-0.4, -0.2) is 15.9 Å². The van der Waals surface area contributed by atoms with Crippen LogP contribution in [-0.2, 0) is 17.8 Å². The van der Waals surface area contributed by atoms with Crippen LogP contribution >= 0.6 is 0 Å². The molecule has 0 aliphatic carbocycles. The second kappa shape index (κ2) is 7.27. The van der Waals surface area contributed by atoms with Gasteiger partial charge in [0.15, 0.2) is 0 Å². The van der Waals surface area contributed by atoms with Crippen LogP contribution in [0.3, 0.4) is 0 Å². The molecule has 5 heteroatoms. The highest BCUT2D eigenvalue weighted by atomic mass is 16.3. The standard InChI is InChI=1S/C21H19N3O2/c25-21(22-14-20-23-17-8-4-5-9-18(17)24-20)13-11-16-10-12-19(26-16)15-6-2-1-3-7-15/h1-10,12H,11,13-14H2,(H,22,25)(H,23,24). The summed E-state index contributed by atoms with van der Waals surface area (Å²) in [6.07, 6.45) is 0.945. The van der Waals surface area contributed by atoms with Crippen LogP contribution in [0.5, 0.6) is 0 Å². The molecular formula is C21H19N3O2. The van der Waals surface area contributed by atoms with Gasteiger partial charge < -0.3 is 14.7 Å². The molecule has 130 valence electrons. The molecule has 0 spiro atoms. The summed E-state index contributed by atoms with van der Waals surface area (Å²) in [5.74, 6) is 2.36. The first kappa shape index (κ1) is 16.1. The number of H-pyrrole nitrogens is 1. The van der Waals surface area contributed by atoms with Crippen molar-refractivity contribution in [2.24, 2.45) is 0 Å². The Morgan fingerprint density at radius 1 is 1.00 bits per heavy atom. The summed E-state index contributed by atoms with van der Waals surface area (Å²) in [6, 6.07) is 21.6. The summed E-state index contributed by atoms with van der Waals surface area (Å²) in [5.41, 5.74) is 2.91. The van der Waals surface area contributed by atoms with Gasteiger partial charge in [0.05, 0.1) is 17.6 Å². The average Bonchev–Trinajstić information content (AvgIpc) is 3.32. The number of rotatable bonds is 6. The van der Waals surface area contributed by atoms with Crippen LogP contribution in [0.4, 0.5) is 0 Å². The molecule has 4 rings (SSSR count). The van der Waals surface area contributed by atoms with E-state index in [9.17, 15) is 4.79 Å². The van der Waals surface area contributed by atoms with Gasteiger partial charge in [0.2, 0.25) is 5.91 Å². The van der Waals surface area contributed by atoms with E-state index in [1.165, 1.54) is 0 Å². The Kier molecular flexibility index (Phi) is 4.51. The number of hydrogen-bond acceptors (Lipinski definition) is 3. The van der Waals surface area contributed by atoms with Crippen LogP contribution in [0.1, 0.15) is 18.0 Å². The molecule has 2 heterocycles. The SMILES string of the molecule is O=C(CCc1ccc(-c2ccccc2)o1)NCc1nc2ccccc2[nH]1. The van der Waals surface area contributed by atoms with Crippen molar-refractivity contribution >= 4 is 16.9 Å². The van der Waals surface area contributed by atoms with Gasteiger partial charge in [-0.05, 0) is 24.3 Å². The van der Waals surface area contributed by atoms with Crippen molar-refractivity contribution < 1.29 is 9.21 Å². The van der Waals surface area contributed by atoms with Gasteiger partial charge >= 0.3 is 0 Å². The molecule has 2 aromatic carbocycles. The smallest absolute Gasteiger partial charge is 0.220 e. The number of benzene rings is 2. The lowest BCUT2D eigenvalue weighted by atomic mass is 10.2. The maximum atomic E-state index is 12.1. The molecular weight excluding hydrogens is 326 g/mol. The zero-order chi connectivity index (χ0) is 17.8. The van der Waals surface area contributed by atoms with Crippen molar-refractivity contribution in [3.05, 3.63) is 78.3 Å². The van der Waals surface area contributed by atoms with Crippen molar-refractivity contribution in [1.82, 2.24) is 15.3 Å². The molecule has 26 heavy (non-hydrogen) atoms. The van der Waals surface area contributed by atoms with Gasteiger partial charge in [-0.2, -0.15) is 0 Å². The number of amides is 1. The molecule has 5 nitrogen and oxygen atoms in total. The number of aryl methyl sites for hydroxylation is 1. The number of fused-ring (bicyclic) bond motifs is 1. The molecule has 0 aliphatic heterocycles. The van der Waals surface area contributed by atoms with Gasteiger partial charge in [-0.3, -0.25) is 4.79 Å². The topological polar surface area (TPSA) is 70.9 Å². The second-order valence-electron chi connectivity index (χ2n) is 6.11. The van der Waals surface area contributed by atoms with Crippen LogP contribution < -0.4 is 5.32 Å². The Balaban J connectivity index is 1.29. The second-order valence-corrected chi connectivity index (χ2v) is 6.11. The van der Waals surface area contributed by atoms with Gasteiger partial charge in [-0.25, -0.2) is 4.98 Å². The van der Waals surface area contributed by atoms with E-state index >= 15 is 0 Å². The summed E-state index contributed by atoms with van der Waals surface area (Å²) in [4.78, 5) is 19.7. The first-order valence-electron chi connectivity index (χ1n) is 8.62. The summed E-state index contributed by atoms with van der Waals surface area (Å²) in [7, 11) is 0. The lowest BCUT2D eigenvalue weighted by Gasteiger charge is -2.02. The Bertz CT molecular complexity index is 985. The third-order valence-electron chi connectivity index (χ3n) is 4.21. The predicted octanol–water partition coefficient (Wildman–Crippen LogP) is 4.07. The molecule has 0 radical (unpaired) electrons. The highest BCUT2D eigenvalue weighted by molar-refractivity contribution is 5.77. The van der Waals surface area contributed by atoms with Gasteiger partial charge in [-0.1, -0.05) is 42.5 Å². The zero-order valence-electron chi connectivity index (χ0n) is 14.2. The van der Waals surface area contributed by atoms with E-state index < -0.39 is 0 Å². The Morgan fingerprint density at radius 2 is 1.81 bits per heavy atom. The van der Waals surface area contributed by atoms with Crippen LogP contribution in [0.2, 0.25) is 0 Å². The first-order valence-corrected chi connectivity index (χ1v) is 8.62. The van der Waals surface area contributed by atoms with E-state index in [0.717, 1.165) is 33.9 Å². The largest absolute Gasteiger partial charge is 0.461 e. The molecule has 0 saturated carbocycles. The van der Waals surface area contributed by atoms with Gasteiger partial charge in [0, 0.05) is 18.4 Å². The van der Waals surface area contributed by atoms with Crippen LogP contribution in [0, 0.1) is 0 Å². The fourth-order valence-electron chi connectivity index (χ4n) is 2.87. The minimum atomic E-state index is -0.0249. The number of aromatic amines is 1. The van der Waals surface area contributed by atoms with Gasteiger partial charge in [-0.15, -0.1) is 0 Å². The quantitative estimate of drug-likeness (QED) is 0.553. The molecule has 0 unspecified atom stereocenters. The molecule has 0 saturated heterocycles. The minimum Gasteiger partial charge on any atom is -0.461 e. The maximum Gasteiger partial charge on any atom is 0.220 e. The average molecular weight is 345 g/mol. The number of nitrogens with zero attached hydrogens (tertiary/aromatic N) is 1. The Hall–Kier alpha value is -3.34. The number of imidazole rings is 1. The molecule has 0 aliphatic rings. The van der Waals surface area contributed by atoms with Crippen molar-refractivity contribution in [2.45, 2.75) is 19.4 Å². The van der Waals surface area contributed by atoms with Crippen molar-refractivity contribution in [3.8, 4) is 11.3 Å². The van der Waals surface area contributed by atoms with Gasteiger partial charge in [0.1, 0.15) is 17.3 Å². The fourth-order valence-corrected chi connectivity index (χ4v) is 2.87. The van der Waals surface area contributed by atoms with Crippen LogP contribution in [0.15, 0.2) is 71.1 Å². The Morgan fingerprint density at radius 3 is 2.65 bits per heavy atom. The number of carbonyl (C=O) groups is 1. The highest BCUT2D eigenvalue weighted by Crippen LogP contribution is 2.22. The van der Waals surface area contributed by atoms with Gasteiger partial charge in [0.25, 0.3) is 0 Å². The lowest BCUT2D eigenvalue weighted by Crippen LogP contribution is -2.23. The van der Waals surface area contributed by atoms with E-state index in [1.54, 1.807) is 0 Å². The Labute approximate surface area is 151 Å². The van der Waals surface area contributed by atoms with Crippen molar-refractivity contribution in [2.75, 3.05) is 0 Å². The minimum absolute atomic E-state index is 0.0249. The maximum absolute atomic E-state index is 12.1. The summed E-state index contributed by atoms with van der Waals surface area (Å²) in [5, 5.41) is 2.89. The summed E-state index contributed by atoms with van der Waals surface area (Å²) >= 11 is 0. The van der Waals surface area contributed by atoms with E-state index in [2.05, 4.69) is 15.3 Å². The molecule has 4 aromatic rings. The lowest BCUT2D eigenvalue weighted by molar-refractivity contribution is -0.121. The predicted molar refractivity (Wildman–Crippen MR) is 100 cm³/mol. The number of furan rings is 1. The summed E-state index contributed by atoms with van der Waals surface area (Å²) in [6.45, 7) is 0.390. The molecule has 1 amide bonds. The van der Waals surface area contributed by atoms with Crippen molar-refractivity contribution in [3.63, 3.8) is 0 Å². The molecule has 0 bridgehead atoms. The third-order valence-corrected chi connectivity index (χ3v) is 4.21. The molecule has 0 atom stereocenters. The van der Waals surface area contributed by atoms with E-state index in [-0.39, 0.29) is 5.91 Å². The summed E-state index contributed by atoms with van der Waals surface area (Å²) < 4.78 is 5.82. The molecule has 2 aromatic heterocycles. The monoisotopic (exact) mass is 345 g/mol. The number of aromatic nitrogens is 2. The number of hydrogen-bond donors (Lipinski definition) is 2. The fraction of sp³-hybridized carbons (Fsp3) is 0.143. The van der Waals surface area contributed by atoms with E-state index in [0.29, 0.717) is 19.4 Å². The normalized spacial score (nSPS) is 10.9. The molecule has 0 fully saturated rings. The third kappa shape index (κ3) is 3.67. The molecule has 2 N–H and O–H groups in total.